The molecule has 62 heavy (non-hydrogen) atoms. The molecular weight excluding hydrogens is 891 g/mol. The lowest BCUT2D eigenvalue weighted by atomic mass is 10.0. The van der Waals surface area contributed by atoms with Gasteiger partial charge in [-0.05, 0) is 49.6 Å². The fourth-order valence-electron chi connectivity index (χ4n) is 5.32. The van der Waals surface area contributed by atoms with Gasteiger partial charge in [-0.1, -0.05) is 60.5 Å². The first-order chi connectivity index (χ1) is 29.3. The fourth-order valence-corrected chi connectivity index (χ4v) is 6.85. The van der Waals surface area contributed by atoms with Crippen LogP contribution in [-0.4, -0.2) is 130 Å². The lowest BCUT2D eigenvalue weighted by Crippen LogP contribution is -2.43. The molecule has 18 nitrogen and oxygen atoms in total. The number of nitrogens with one attached hydrogen (secondary N) is 3. The Balaban J connectivity index is 0.000000525. The Hall–Kier alpha value is -5.47. The van der Waals surface area contributed by atoms with E-state index in [9.17, 15) is 32.4 Å². The summed E-state index contributed by atoms with van der Waals surface area (Å²) in [5.74, 6) is -1.21. The molecule has 1 atom stereocenters. The van der Waals surface area contributed by atoms with Crippen molar-refractivity contribution in [2.45, 2.75) is 43.0 Å². The van der Waals surface area contributed by atoms with Crippen LogP contribution in [0.15, 0.2) is 72.7 Å². The van der Waals surface area contributed by atoms with Crippen LogP contribution in [0.1, 0.15) is 35.3 Å². The van der Waals surface area contributed by atoms with E-state index in [-0.39, 0.29) is 52.7 Å². The third-order valence-electron chi connectivity index (χ3n) is 8.06. The predicted molar refractivity (Wildman–Crippen MR) is 241 cm³/mol. The maximum atomic E-state index is 12.8. The molecule has 6 amide bonds. The maximum absolute atomic E-state index is 12.8. The van der Waals surface area contributed by atoms with Gasteiger partial charge in [0.25, 0.3) is 21.8 Å². The molecular formula is C40H53Cl3N8O10S. The number of carbonyl (C=O) groups is 5. The van der Waals surface area contributed by atoms with Gasteiger partial charge in [0.15, 0.2) is 4.84 Å². The van der Waals surface area contributed by atoms with E-state index in [1.165, 1.54) is 51.4 Å². The van der Waals surface area contributed by atoms with E-state index >= 15 is 0 Å². The highest BCUT2D eigenvalue weighted by Gasteiger charge is 2.27. The average Bonchev–Trinajstić information content (AvgIpc) is 3.23. The lowest BCUT2D eigenvalue weighted by molar-refractivity contribution is -0.128. The number of aromatic nitrogens is 2. The Morgan fingerprint density at radius 3 is 2.02 bits per heavy atom. The minimum atomic E-state index is -4.54. The highest BCUT2D eigenvalue weighted by Crippen LogP contribution is 2.28. The largest absolute Gasteiger partial charge is 0.481 e. The smallest absolute Gasteiger partial charge is 0.335 e. The molecule has 1 unspecified atom stereocenters. The van der Waals surface area contributed by atoms with Gasteiger partial charge in [-0.25, -0.2) is 17.9 Å². The van der Waals surface area contributed by atoms with Crippen LogP contribution in [0, 0.1) is 6.92 Å². The zero-order chi connectivity index (χ0) is 47.2. The van der Waals surface area contributed by atoms with Crippen molar-refractivity contribution in [1.29, 1.82) is 0 Å². The topological polar surface area (TPSA) is 219 Å². The number of halogens is 3. The van der Waals surface area contributed by atoms with Crippen molar-refractivity contribution in [2.75, 3.05) is 76.5 Å². The number of hydrogen-bond acceptors (Lipinski definition) is 12. The summed E-state index contributed by atoms with van der Waals surface area (Å²) in [6, 6.07) is 9.81. The van der Waals surface area contributed by atoms with E-state index in [0.29, 0.717) is 26.1 Å². The fraction of sp³-hybridized carbons (Fsp3) is 0.375. The number of para-hydroxylation sites is 1. The van der Waals surface area contributed by atoms with Gasteiger partial charge >= 0.3 is 6.03 Å². The first-order valence-electron chi connectivity index (χ1n) is 18.4. The van der Waals surface area contributed by atoms with Crippen LogP contribution in [0.5, 0.6) is 11.8 Å². The van der Waals surface area contributed by atoms with Gasteiger partial charge in [0, 0.05) is 40.0 Å². The van der Waals surface area contributed by atoms with Crippen molar-refractivity contribution in [2.24, 2.45) is 0 Å². The van der Waals surface area contributed by atoms with E-state index in [2.05, 4.69) is 46.7 Å². The monoisotopic (exact) mass is 942 g/mol. The van der Waals surface area contributed by atoms with Gasteiger partial charge in [0.1, 0.15) is 10.8 Å². The van der Waals surface area contributed by atoms with Crippen molar-refractivity contribution < 1.29 is 46.6 Å². The van der Waals surface area contributed by atoms with Gasteiger partial charge in [-0.3, -0.25) is 24.5 Å². The first-order valence-corrected chi connectivity index (χ1v) is 21.3. The van der Waals surface area contributed by atoms with E-state index in [1.54, 1.807) is 28.9 Å². The molecule has 22 heteroatoms. The SMILES string of the molecule is C=CCN(CC=C)C(=O)C(Cl)Cl.CCc1cccc(C)c1N(C(=O)CCl)C(C)COC.COc1cc(OC)nc(NC(=O)NS(=O)(=O)c2cc(NC=O)ccc2C(=O)N(C)C)n1. The number of nitrogens with zero attached hydrogens (tertiary/aromatic N) is 5. The van der Waals surface area contributed by atoms with Crippen LogP contribution in [0.3, 0.4) is 0 Å². The highest BCUT2D eigenvalue weighted by atomic mass is 35.5. The standard InChI is InChI=1S/C17H20N6O7S.C15H22ClNO2.C8H11Cl2NO/c1-23(2)15(25)11-6-5-10(18-9-24)7-12(11)31(27,28)22-17(26)21-16-19-13(29-3)8-14(20-16)30-4;1-5-13-8-6-7-11(2)15(13)17(14(18)9-16)12(3)10-19-4;1-3-5-11(6-4-2)8(12)7(9)10/h5-9H,1-4H3,(H,18,24)(H2,19,20,21,22,26);6-8,12H,5,9-10H2,1-4H3;3-4,7H,1-2,5-6H2. The number of hydrogen-bond donors (Lipinski definition) is 3. The predicted octanol–water partition coefficient (Wildman–Crippen LogP) is 5.43. The van der Waals surface area contributed by atoms with E-state index in [4.69, 9.17) is 49.0 Å². The lowest BCUT2D eigenvalue weighted by Gasteiger charge is -2.31. The molecule has 340 valence electrons. The number of methoxy groups -OCH3 is 3. The molecule has 0 spiro atoms. The molecule has 0 bridgehead atoms. The van der Waals surface area contributed by atoms with Gasteiger partial charge in [-0.15, -0.1) is 24.8 Å². The van der Waals surface area contributed by atoms with Crippen LogP contribution in [0.2, 0.25) is 0 Å². The van der Waals surface area contributed by atoms with E-state index in [0.717, 1.165) is 34.2 Å². The highest BCUT2D eigenvalue weighted by molar-refractivity contribution is 7.90. The Bertz CT molecular complexity index is 2090. The number of amides is 6. The van der Waals surface area contributed by atoms with Gasteiger partial charge in [0.2, 0.25) is 30.0 Å². The van der Waals surface area contributed by atoms with Gasteiger partial charge in [-0.2, -0.15) is 9.97 Å². The third kappa shape index (κ3) is 16.8. The number of urea groups is 1. The van der Waals surface area contributed by atoms with Crippen LogP contribution >= 0.6 is 34.8 Å². The summed E-state index contributed by atoms with van der Waals surface area (Å²) in [4.78, 5) is 69.4. The Morgan fingerprint density at radius 1 is 0.952 bits per heavy atom. The van der Waals surface area contributed by atoms with Crippen LogP contribution in [0.25, 0.3) is 0 Å². The normalized spacial score (nSPS) is 10.9. The molecule has 0 aliphatic rings. The Labute approximate surface area is 377 Å². The van der Waals surface area contributed by atoms with Crippen molar-refractivity contribution in [1.82, 2.24) is 24.5 Å². The minimum Gasteiger partial charge on any atom is -0.481 e. The van der Waals surface area contributed by atoms with E-state index in [1.807, 2.05) is 26.0 Å². The van der Waals surface area contributed by atoms with Crippen LogP contribution in [-0.2, 0) is 35.6 Å². The molecule has 1 aromatic heterocycles. The minimum absolute atomic E-state index is 0.0223. The summed E-state index contributed by atoms with van der Waals surface area (Å²) in [6.45, 7) is 14.4. The van der Waals surface area contributed by atoms with Crippen LogP contribution < -0.4 is 29.7 Å². The summed E-state index contributed by atoms with van der Waals surface area (Å²) in [5, 5.41) is 4.44. The molecule has 3 rings (SSSR count). The zero-order valence-electron chi connectivity index (χ0n) is 35.7. The molecule has 3 N–H and O–H groups in total. The second kappa shape index (κ2) is 27.5. The zero-order valence-corrected chi connectivity index (χ0v) is 38.8. The van der Waals surface area contributed by atoms with Crippen molar-refractivity contribution in [3.05, 3.63) is 84.5 Å². The molecule has 0 radical (unpaired) electrons. The molecule has 0 aliphatic carbocycles. The molecule has 3 aromatic rings. The molecule has 0 aliphatic heterocycles. The second-order valence-corrected chi connectivity index (χ2v) is 15.8. The Kier molecular flexibility index (Phi) is 24.2. The number of rotatable bonds is 19. The number of anilines is 3. The second-order valence-electron chi connectivity index (χ2n) is 12.8. The average molecular weight is 944 g/mol. The van der Waals surface area contributed by atoms with Crippen molar-refractivity contribution >= 4 is 92.3 Å². The molecule has 0 saturated carbocycles. The van der Waals surface area contributed by atoms with E-state index < -0.39 is 31.7 Å². The quantitative estimate of drug-likeness (QED) is 0.0779. The van der Waals surface area contributed by atoms with Crippen molar-refractivity contribution in [3.8, 4) is 11.8 Å². The summed E-state index contributed by atoms with van der Waals surface area (Å²) >= 11 is 16.6. The Morgan fingerprint density at radius 2 is 1.55 bits per heavy atom. The first kappa shape index (κ1) is 54.5. The van der Waals surface area contributed by atoms with Crippen molar-refractivity contribution in [3.63, 3.8) is 0 Å². The third-order valence-corrected chi connectivity index (χ3v) is 10.0. The molecule has 0 saturated heterocycles. The number of aryl methyl sites for hydroxylation is 2. The van der Waals surface area contributed by atoms with Gasteiger partial charge < -0.3 is 34.2 Å². The number of ether oxygens (including phenoxy) is 3. The number of carbonyl (C=O) groups excluding carboxylic acids is 5. The van der Waals surface area contributed by atoms with Gasteiger partial charge in [0.05, 0.1) is 44.2 Å². The number of alkyl halides is 3. The molecule has 1 heterocycles. The molecule has 2 aromatic carbocycles. The summed E-state index contributed by atoms with van der Waals surface area (Å²) in [5.41, 5.74) is 3.11. The summed E-state index contributed by atoms with van der Waals surface area (Å²) < 4.78 is 42.5. The number of benzene rings is 2. The molecule has 0 fully saturated rings. The maximum Gasteiger partial charge on any atom is 0.335 e. The number of sulfonamides is 1. The van der Waals surface area contributed by atoms with Crippen LogP contribution in [0.4, 0.5) is 22.1 Å². The summed E-state index contributed by atoms with van der Waals surface area (Å²) in [7, 11) is 2.63. The summed E-state index contributed by atoms with van der Waals surface area (Å²) in [6.07, 6.45) is 4.44.